The molecule has 0 atom stereocenters. The van der Waals surface area contributed by atoms with Crippen molar-refractivity contribution in [2.75, 3.05) is 0 Å². The Kier molecular flexibility index (Phi) is 4.30. The molecule has 5 heteroatoms. The molecule has 1 N–H and O–H groups in total. The van der Waals surface area contributed by atoms with E-state index in [1.165, 1.54) is 0 Å². The van der Waals surface area contributed by atoms with Crippen molar-refractivity contribution in [3.05, 3.63) is 58.1 Å². The molecule has 3 nitrogen and oxygen atoms in total. The summed E-state index contributed by atoms with van der Waals surface area (Å²) in [5.41, 5.74) is 0.523. The third-order valence-corrected chi connectivity index (χ3v) is 2.89. The molecule has 0 bridgehead atoms. The Morgan fingerprint density at radius 2 is 1.68 bits per heavy atom. The standard InChI is InChI=1S/C14H10Cl2O3/c15-10-1-4-12(5-2-10)19-13-6-3-11(16)7-9(13)8-14(17)18/h1-7H,8H2,(H,17,18). The van der Waals surface area contributed by atoms with Crippen molar-refractivity contribution in [3.63, 3.8) is 0 Å². The second-order valence-corrected chi connectivity index (χ2v) is 4.75. The summed E-state index contributed by atoms with van der Waals surface area (Å²) < 4.78 is 5.64. The summed E-state index contributed by atoms with van der Waals surface area (Å²) in [4.78, 5) is 10.8. The van der Waals surface area contributed by atoms with Gasteiger partial charge < -0.3 is 9.84 Å². The van der Waals surface area contributed by atoms with Gasteiger partial charge in [-0.1, -0.05) is 23.2 Å². The minimum absolute atomic E-state index is 0.149. The predicted molar refractivity (Wildman–Crippen MR) is 74.3 cm³/mol. The maximum absolute atomic E-state index is 10.8. The van der Waals surface area contributed by atoms with Gasteiger partial charge in [-0.15, -0.1) is 0 Å². The van der Waals surface area contributed by atoms with Gasteiger partial charge in [-0.05, 0) is 42.5 Å². The van der Waals surface area contributed by atoms with Crippen molar-refractivity contribution >= 4 is 29.2 Å². The van der Waals surface area contributed by atoms with Crippen LogP contribution in [0.15, 0.2) is 42.5 Å². The molecule has 0 spiro atoms. The number of carbonyl (C=O) groups is 1. The predicted octanol–water partition coefficient (Wildman–Crippen LogP) is 4.41. The van der Waals surface area contributed by atoms with Gasteiger partial charge in [0.05, 0.1) is 6.42 Å². The molecular weight excluding hydrogens is 287 g/mol. The molecule has 0 radical (unpaired) electrons. The molecule has 98 valence electrons. The first kappa shape index (κ1) is 13.7. The summed E-state index contributed by atoms with van der Waals surface area (Å²) in [6.07, 6.45) is -0.149. The van der Waals surface area contributed by atoms with Crippen LogP contribution in [0.5, 0.6) is 11.5 Å². The van der Waals surface area contributed by atoms with Crippen LogP contribution in [-0.2, 0) is 11.2 Å². The fourth-order valence-electron chi connectivity index (χ4n) is 1.58. The molecule has 0 saturated heterocycles. The average molecular weight is 297 g/mol. The SMILES string of the molecule is O=C(O)Cc1cc(Cl)ccc1Oc1ccc(Cl)cc1. The van der Waals surface area contributed by atoms with Gasteiger partial charge in [0.1, 0.15) is 11.5 Å². The van der Waals surface area contributed by atoms with Crippen LogP contribution in [0.4, 0.5) is 0 Å². The van der Waals surface area contributed by atoms with E-state index in [0.29, 0.717) is 27.1 Å². The monoisotopic (exact) mass is 296 g/mol. The van der Waals surface area contributed by atoms with E-state index in [4.69, 9.17) is 33.0 Å². The molecule has 0 saturated carbocycles. The van der Waals surface area contributed by atoms with E-state index in [1.807, 2.05) is 0 Å². The average Bonchev–Trinajstić information content (AvgIpc) is 2.34. The van der Waals surface area contributed by atoms with Crippen LogP contribution >= 0.6 is 23.2 Å². The molecular formula is C14H10Cl2O3. The third-order valence-electron chi connectivity index (χ3n) is 2.41. The Morgan fingerprint density at radius 3 is 2.32 bits per heavy atom. The summed E-state index contributed by atoms with van der Waals surface area (Å²) in [6, 6.07) is 11.7. The highest BCUT2D eigenvalue weighted by atomic mass is 35.5. The molecule has 0 heterocycles. The van der Waals surface area contributed by atoms with E-state index >= 15 is 0 Å². The summed E-state index contributed by atoms with van der Waals surface area (Å²) in [6.45, 7) is 0. The molecule has 0 aromatic heterocycles. The number of hydrogen-bond donors (Lipinski definition) is 1. The lowest BCUT2D eigenvalue weighted by Gasteiger charge is -2.10. The molecule has 0 unspecified atom stereocenters. The largest absolute Gasteiger partial charge is 0.481 e. The first-order chi connectivity index (χ1) is 9.04. The minimum atomic E-state index is -0.941. The van der Waals surface area contributed by atoms with Gasteiger partial charge in [0.2, 0.25) is 0 Å². The Labute approximate surface area is 120 Å². The van der Waals surface area contributed by atoms with E-state index in [-0.39, 0.29) is 6.42 Å². The van der Waals surface area contributed by atoms with Crippen LogP contribution in [0.2, 0.25) is 10.0 Å². The Hall–Kier alpha value is -1.71. The van der Waals surface area contributed by atoms with Crippen LogP contribution < -0.4 is 4.74 Å². The zero-order valence-corrected chi connectivity index (χ0v) is 11.3. The van der Waals surface area contributed by atoms with E-state index in [1.54, 1.807) is 42.5 Å². The Balaban J connectivity index is 2.28. The van der Waals surface area contributed by atoms with E-state index in [9.17, 15) is 4.79 Å². The van der Waals surface area contributed by atoms with Crippen molar-refractivity contribution in [3.8, 4) is 11.5 Å². The summed E-state index contributed by atoms with van der Waals surface area (Å²) in [5.74, 6) is 0.107. The van der Waals surface area contributed by atoms with Crippen molar-refractivity contribution < 1.29 is 14.6 Å². The maximum atomic E-state index is 10.8. The van der Waals surface area contributed by atoms with E-state index in [2.05, 4.69) is 0 Å². The highest BCUT2D eigenvalue weighted by molar-refractivity contribution is 6.31. The maximum Gasteiger partial charge on any atom is 0.307 e. The van der Waals surface area contributed by atoms with Crippen molar-refractivity contribution in [2.24, 2.45) is 0 Å². The lowest BCUT2D eigenvalue weighted by molar-refractivity contribution is -0.136. The quantitative estimate of drug-likeness (QED) is 0.909. The minimum Gasteiger partial charge on any atom is -0.481 e. The van der Waals surface area contributed by atoms with Gasteiger partial charge in [0.15, 0.2) is 0 Å². The zero-order valence-electron chi connectivity index (χ0n) is 9.77. The van der Waals surface area contributed by atoms with Crippen LogP contribution in [0.3, 0.4) is 0 Å². The number of hydrogen-bond acceptors (Lipinski definition) is 2. The molecule has 0 aliphatic rings. The fourth-order valence-corrected chi connectivity index (χ4v) is 1.90. The molecule has 19 heavy (non-hydrogen) atoms. The molecule has 0 aliphatic carbocycles. The van der Waals surface area contributed by atoms with Gasteiger partial charge in [0.25, 0.3) is 0 Å². The second kappa shape index (κ2) is 5.95. The van der Waals surface area contributed by atoms with Crippen molar-refractivity contribution in [1.82, 2.24) is 0 Å². The van der Waals surface area contributed by atoms with Crippen molar-refractivity contribution in [2.45, 2.75) is 6.42 Å². The highest BCUT2D eigenvalue weighted by Crippen LogP contribution is 2.29. The number of carboxylic acids is 1. The number of aliphatic carboxylic acids is 1. The van der Waals surface area contributed by atoms with E-state index < -0.39 is 5.97 Å². The van der Waals surface area contributed by atoms with Gasteiger partial charge in [-0.3, -0.25) is 4.79 Å². The number of benzene rings is 2. The van der Waals surface area contributed by atoms with Crippen LogP contribution in [0.1, 0.15) is 5.56 Å². The van der Waals surface area contributed by atoms with Gasteiger partial charge in [-0.25, -0.2) is 0 Å². The second-order valence-electron chi connectivity index (χ2n) is 3.88. The number of halogens is 2. The van der Waals surface area contributed by atoms with Gasteiger partial charge >= 0.3 is 5.97 Å². The Bertz CT molecular complexity index is 594. The summed E-state index contributed by atoms with van der Waals surface area (Å²) in [7, 11) is 0. The van der Waals surface area contributed by atoms with E-state index in [0.717, 1.165) is 0 Å². The first-order valence-electron chi connectivity index (χ1n) is 5.48. The van der Waals surface area contributed by atoms with Crippen LogP contribution in [-0.4, -0.2) is 11.1 Å². The number of ether oxygens (including phenoxy) is 1. The smallest absolute Gasteiger partial charge is 0.307 e. The zero-order chi connectivity index (χ0) is 13.8. The molecule has 2 rings (SSSR count). The summed E-state index contributed by atoms with van der Waals surface area (Å²) >= 11 is 11.6. The summed E-state index contributed by atoms with van der Waals surface area (Å²) in [5, 5.41) is 9.95. The highest BCUT2D eigenvalue weighted by Gasteiger charge is 2.10. The third kappa shape index (κ3) is 3.88. The topological polar surface area (TPSA) is 46.5 Å². The molecule has 0 fully saturated rings. The van der Waals surface area contributed by atoms with Crippen LogP contribution in [0, 0.1) is 0 Å². The molecule has 0 aliphatic heterocycles. The molecule has 2 aromatic rings. The Morgan fingerprint density at radius 1 is 1.05 bits per heavy atom. The first-order valence-corrected chi connectivity index (χ1v) is 6.24. The van der Waals surface area contributed by atoms with Gasteiger partial charge in [0, 0.05) is 15.6 Å². The number of carboxylic acid groups (broad SMARTS) is 1. The fraction of sp³-hybridized carbons (Fsp3) is 0.0714. The molecule has 2 aromatic carbocycles. The molecule has 0 amide bonds. The normalized spacial score (nSPS) is 10.2. The van der Waals surface area contributed by atoms with Gasteiger partial charge in [-0.2, -0.15) is 0 Å². The lowest BCUT2D eigenvalue weighted by Crippen LogP contribution is -2.02. The van der Waals surface area contributed by atoms with Crippen molar-refractivity contribution in [1.29, 1.82) is 0 Å². The number of rotatable bonds is 4. The van der Waals surface area contributed by atoms with Crippen LogP contribution in [0.25, 0.3) is 0 Å². The lowest BCUT2D eigenvalue weighted by atomic mass is 10.1.